The summed E-state index contributed by atoms with van der Waals surface area (Å²) in [6.45, 7) is 1.82. The molecule has 0 aliphatic heterocycles. The van der Waals surface area contributed by atoms with Crippen LogP contribution in [0.15, 0.2) is 82.4 Å². The first-order valence-corrected chi connectivity index (χ1v) is 17.6. The molecule has 0 saturated carbocycles. The van der Waals surface area contributed by atoms with E-state index in [1.807, 2.05) is 147 Å². The molecule has 0 aliphatic carbocycles. The van der Waals surface area contributed by atoms with Gasteiger partial charge in [0.1, 0.15) is 0 Å². The van der Waals surface area contributed by atoms with Crippen molar-refractivity contribution in [3.05, 3.63) is 93.5 Å². The zero-order valence-electron chi connectivity index (χ0n) is 25.5. The average Bonchev–Trinajstić information content (AvgIpc) is 3.69. The van der Waals surface area contributed by atoms with E-state index in [9.17, 15) is 9.59 Å². The molecule has 0 amide bonds. The number of ether oxygens (including phenoxy) is 1. The monoisotopic (exact) mass is 950 g/mol. The molecular formula is C25H28B3I3N3O4S3. The number of halogens is 3. The third kappa shape index (κ3) is 12.7. The highest BCUT2D eigenvalue weighted by atomic mass is 127. The van der Waals surface area contributed by atoms with Crippen molar-refractivity contribution in [2.24, 2.45) is 7.05 Å². The summed E-state index contributed by atoms with van der Waals surface area (Å²) in [6, 6.07) is 23.2. The number of nitrogens with zero attached hydrogens (tertiary/aromatic N) is 2. The molecule has 1 N–H and O–H groups in total. The second-order valence-electron chi connectivity index (χ2n) is 7.15. The summed E-state index contributed by atoms with van der Waals surface area (Å²) < 4.78 is 40.4. The fourth-order valence-corrected chi connectivity index (χ4v) is 5.34. The number of hydrogen-bond acceptors (Lipinski definition) is 8. The van der Waals surface area contributed by atoms with Crippen molar-refractivity contribution in [2.45, 2.75) is 6.82 Å². The van der Waals surface area contributed by atoms with Gasteiger partial charge in [0.25, 0.3) is 11.1 Å². The number of nitrogens with one attached hydrogen (secondary N) is 1. The van der Waals surface area contributed by atoms with Crippen molar-refractivity contribution in [3.8, 4) is 5.88 Å². The van der Waals surface area contributed by atoms with E-state index in [1.54, 1.807) is 18.1 Å². The van der Waals surface area contributed by atoms with Crippen LogP contribution in [0.1, 0.15) is 0 Å². The minimum Gasteiger partial charge on any atom is -0.480 e. The van der Waals surface area contributed by atoms with Crippen LogP contribution >= 0.6 is 102 Å². The number of H-pyrrole nitrogens is 1. The Labute approximate surface area is 298 Å². The quantitative estimate of drug-likeness (QED) is 0.151. The highest BCUT2D eigenvalue weighted by Crippen LogP contribution is 2.27. The molecule has 0 fully saturated rings. The van der Waals surface area contributed by atoms with E-state index in [0.29, 0.717) is 0 Å². The summed E-state index contributed by atoms with van der Waals surface area (Å²) in [6.07, 6.45) is 0. The van der Waals surface area contributed by atoms with E-state index in [0.717, 1.165) is 31.4 Å². The highest BCUT2D eigenvalue weighted by molar-refractivity contribution is 14.1. The lowest BCUT2D eigenvalue weighted by molar-refractivity contribution is 0.407. The van der Waals surface area contributed by atoms with E-state index in [2.05, 4.69) is 13.4 Å². The number of aryl methyl sites for hydroxylation is 1. The van der Waals surface area contributed by atoms with Gasteiger partial charge in [-0.15, -0.1) is 22.4 Å². The van der Waals surface area contributed by atoms with Gasteiger partial charge < -0.3 is 9.39 Å². The standard InChI is InChI=1S/2C8H7NOS.C7H5NOS.CH4BIO.CH4BI.BHI/c1-10-8-6-4-2-3-5-7(6)11-9-8;1-9-8(10)6-4-2-3-5-7(6)11-9;9-7-5-3-1-2-4-6(5)10-8-7;1-4-2-3;1-2-3;1-2/h2*2-5H,1H3;1-4H,(H,8,9);2H,1H3;2H,1H3;1H/i;;;2*2T;1T. The van der Waals surface area contributed by atoms with Gasteiger partial charge in [-0.2, -0.15) is 49.1 Å². The minimum absolute atomic E-state index is 0.0144. The van der Waals surface area contributed by atoms with Crippen LogP contribution in [0.25, 0.3) is 30.3 Å². The van der Waals surface area contributed by atoms with Gasteiger partial charge in [-0.1, -0.05) is 66.3 Å². The van der Waals surface area contributed by atoms with E-state index < -0.39 is 5.30 Å². The number of methoxy groups -OCH3 is 1. The number of fused-ring (bicyclic) bond motifs is 3. The summed E-state index contributed by atoms with van der Waals surface area (Å²) in [4.78, 5) is 22.2. The maximum Gasteiger partial charge on any atom is 0.346 e. The molecule has 0 bridgehead atoms. The van der Waals surface area contributed by atoms with Gasteiger partial charge >= 0.3 is 5.30 Å². The van der Waals surface area contributed by atoms with Gasteiger partial charge in [0.2, 0.25) is 5.88 Å². The van der Waals surface area contributed by atoms with Crippen molar-refractivity contribution in [1.29, 1.82) is 4.01 Å². The molecule has 0 unspecified atom stereocenters. The Balaban J connectivity index is 0.000000281. The Hall–Kier alpha value is -0.925. The summed E-state index contributed by atoms with van der Waals surface area (Å²) in [7, 11) is 4.93. The molecule has 3 heterocycles. The van der Waals surface area contributed by atoms with Crippen molar-refractivity contribution < 1.29 is 9.39 Å². The smallest absolute Gasteiger partial charge is 0.346 e. The van der Waals surface area contributed by atoms with Crippen LogP contribution in [0.5, 0.6) is 5.88 Å². The van der Waals surface area contributed by atoms with Gasteiger partial charge in [0.15, 0.2) is 10.8 Å². The fraction of sp³-hybridized carbons (Fsp3) is 0.160. The molecule has 41 heavy (non-hydrogen) atoms. The maximum absolute atomic E-state index is 11.3. The van der Waals surface area contributed by atoms with Gasteiger partial charge in [-0.25, -0.2) is 0 Å². The first-order chi connectivity index (χ1) is 21.0. The molecule has 1 radical (unpaired) electrons. The van der Waals surface area contributed by atoms with E-state index in [-0.39, 0.29) is 16.2 Å². The average molecular weight is 950 g/mol. The first kappa shape index (κ1) is 33.0. The van der Waals surface area contributed by atoms with Gasteiger partial charge in [0, 0.05) is 15.5 Å². The van der Waals surface area contributed by atoms with Crippen molar-refractivity contribution >= 4 is 148 Å². The topological polar surface area (TPSA) is 86.2 Å². The lowest BCUT2D eigenvalue weighted by Crippen LogP contribution is -2.07. The highest BCUT2D eigenvalue weighted by Gasteiger charge is 2.03. The zero-order chi connectivity index (χ0) is 33.1. The van der Waals surface area contributed by atoms with Gasteiger partial charge in [0.05, 0.1) is 37.4 Å². The number of aromatic nitrogens is 3. The van der Waals surface area contributed by atoms with Gasteiger partial charge in [-0.05, 0) is 50.6 Å². The number of rotatable bonds is 2. The lowest BCUT2D eigenvalue weighted by Gasteiger charge is -1.91. The molecule has 0 spiro atoms. The number of benzene rings is 3. The molecule has 3 aromatic heterocycles. The SMILES string of the molecule is COc1nsc2ccccc12.Cn1sc2ccccc2c1=O.O=c1[nH]sc2ccccc12.[3H]B(C)I.[3H]B(I)OC.[3H][B]I. The molecule has 0 atom stereocenters. The second-order valence-corrected chi connectivity index (χ2v) is 11.7. The van der Waals surface area contributed by atoms with Crippen LogP contribution in [0, 0.1) is 0 Å². The Bertz CT molecular complexity index is 1770. The van der Waals surface area contributed by atoms with Crippen LogP contribution in [-0.2, 0) is 11.7 Å². The Morgan fingerprint density at radius 2 is 1.44 bits per heavy atom. The molecule has 6 rings (SSSR count). The normalized spacial score (nSPS) is 10.2. The lowest BCUT2D eigenvalue weighted by atomic mass is 10.2. The van der Waals surface area contributed by atoms with Gasteiger partial charge in [-0.3, -0.25) is 17.9 Å². The molecule has 7 nitrogen and oxygen atoms in total. The third-order valence-corrected chi connectivity index (χ3v) is 7.83. The zero-order valence-corrected chi connectivity index (χ0v) is 31.5. The Morgan fingerprint density at radius 3 is 1.95 bits per heavy atom. The maximum atomic E-state index is 11.3. The van der Waals surface area contributed by atoms with Crippen molar-refractivity contribution in [3.63, 3.8) is 0 Å². The van der Waals surface area contributed by atoms with E-state index in [1.165, 1.54) is 52.1 Å². The predicted octanol–water partition coefficient (Wildman–Crippen LogP) is 6.89. The summed E-state index contributed by atoms with van der Waals surface area (Å²) >= 11 is 10.0. The molecule has 215 valence electrons. The van der Waals surface area contributed by atoms with E-state index in [4.69, 9.17) is 8.74 Å². The Morgan fingerprint density at radius 1 is 0.951 bits per heavy atom. The summed E-state index contributed by atoms with van der Waals surface area (Å²) in [5.74, 6) is 0.727. The van der Waals surface area contributed by atoms with Crippen LogP contribution in [0.3, 0.4) is 0 Å². The summed E-state index contributed by atoms with van der Waals surface area (Å²) in [5.41, 5.74) is 1.34. The Kier molecular flexibility index (Phi) is 18.2. The van der Waals surface area contributed by atoms with E-state index >= 15 is 0 Å². The second kappa shape index (κ2) is 22.6. The van der Waals surface area contributed by atoms with Crippen molar-refractivity contribution in [2.75, 3.05) is 14.2 Å². The summed E-state index contributed by atoms with van der Waals surface area (Å²) in [5, 5.41) is 2.36. The fourth-order valence-electron chi connectivity index (χ4n) is 2.99. The minimum atomic E-state index is -0.396. The van der Waals surface area contributed by atoms with Crippen LogP contribution in [0.4, 0.5) is 0 Å². The molecule has 0 aliphatic rings. The van der Waals surface area contributed by atoms with Crippen LogP contribution < -0.4 is 15.9 Å². The van der Waals surface area contributed by atoms with Crippen LogP contribution in [-0.4, -0.2) is 47.0 Å². The molecule has 16 heteroatoms. The molecule has 3 aromatic carbocycles. The molecule has 6 aromatic rings. The van der Waals surface area contributed by atoms with Crippen LogP contribution in [0.2, 0.25) is 6.82 Å². The molecular weight excluding hydrogens is 916 g/mol. The molecule has 0 saturated heterocycles. The third-order valence-electron chi connectivity index (χ3n) is 4.65. The largest absolute Gasteiger partial charge is 0.480 e. The first-order valence-electron chi connectivity index (χ1n) is 13.2. The van der Waals surface area contributed by atoms with Crippen molar-refractivity contribution in [1.82, 2.24) is 12.7 Å². The number of hydrogen-bond donors (Lipinski definition) is 1. The predicted molar refractivity (Wildman–Crippen MR) is 212 cm³/mol. The number of aromatic amines is 1.